The summed E-state index contributed by atoms with van der Waals surface area (Å²) in [6.07, 6.45) is 0. The minimum absolute atomic E-state index is 0.0601. The van der Waals surface area contributed by atoms with Gasteiger partial charge in [-0.3, -0.25) is 9.13 Å². The van der Waals surface area contributed by atoms with Crippen LogP contribution in [0.5, 0.6) is 5.75 Å². The molecule has 3 rings (SSSR count). The summed E-state index contributed by atoms with van der Waals surface area (Å²) in [5.41, 5.74) is 2.65. The molecule has 3 aromatic rings. The van der Waals surface area contributed by atoms with Crippen LogP contribution in [-0.4, -0.2) is 16.2 Å². The summed E-state index contributed by atoms with van der Waals surface area (Å²) < 4.78 is 8.57. The van der Waals surface area contributed by atoms with E-state index < -0.39 is 0 Å². The van der Waals surface area contributed by atoms with Gasteiger partial charge in [-0.25, -0.2) is 4.79 Å². The van der Waals surface area contributed by atoms with E-state index in [0.29, 0.717) is 11.6 Å². The number of nitrogens with zero attached hydrogens (tertiary/aromatic N) is 2. The van der Waals surface area contributed by atoms with Gasteiger partial charge in [0.1, 0.15) is 5.75 Å². The van der Waals surface area contributed by atoms with Crippen molar-refractivity contribution in [2.45, 2.75) is 6.54 Å². The third kappa shape index (κ3) is 2.43. The summed E-state index contributed by atoms with van der Waals surface area (Å²) in [6.45, 7) is 0.495. The van der Waals surface area contributed by atoms with E-state index in [1.54, 1.807) is 35.4 Å². The first kappa shape index (κ1) is 13.8. The highest BCUT2D eigenvalue weighted by Crippen LogP contribution is 2.20. The van der Waals surface area contributed by atoms with Crippen LogP contribution in [0.15, 0.2) is 47.3 Å². The molecule has 5 heteroatoms. The predicted molar refractivity (Wildman–Crippen MR) is 84.3 cm³/mol. The molecule has 0 aliphatic heterocycles. The Bertz CT molecular complexity index is 864. The monoisotopic (exact) mass is 302 g/mol. The fourth-order valence-corrected chi connectivity index (χ4v) is 2.65. The Morgan fingerprint density at radius 2 is 1.95 bits per heavy atom. The van der Waals surface area contributed by atoms with Gasteiger partial charge in [0.15, 0.2) is 0 Å². The number of imidazole rings is 1. The molecule has 4 nitrogen and oxygen atoms in total. The van der Waals surface area contributed by atoms with Crippen LogP contribution in [-0.2, 0) is 13.6 Å². The Morgan fingerprint density at radius 1 is 1.14 bits per heavy atom. The summed E-state index contributed by atoms with van der Waals surface area (Å²) in [4.78, 5) is 12.4. The number of aromatic nitrogens is 2. The van der Waals surface area contributed by atoms with Crippen molar-refractivity contribution in [1.29, 1.82) is 0 Å². The maximum absolute atomic E-state index is 12.4. The molecule has 0 saturated heterocycles. The van der Waals surface area contributed by atoms with Gasteiger partial charge in [0.25, 0.3) is 0 Å². The van der Waals surface area contributed by atoms with Gasteiger partial charge in [0.05, 0.1) is 24.7 Å². The van der Waals surface area contributed by atoms with Crippen molar-refractivity contribution in [2.24, 2.45) is 7.05 Å². The topological polar surface area (TPSA) is 36.2 Å². The van der Waals surface area contributed by atoms with E-state index in [1.165, 1.54) is 0 Å². The number of halogens is 1. The van der Waals surface area contributed by atoms with E-state index in [2.05, 4.69) is 0 Å². The molecule has 0 fully saturated rings. The van der Waals surface area contributed by atoms with Gasteiger partial charge in [-0.1, -0.05) is 23.7 Å². The number of aryl methyl sites for hydroxylation is 1. The summed E-state index contributed by atoms with van der Waals surface area (Å²) in [5.74, 6) is 0.781. The molecular weight excluding hydrogens is 288 g/mol. The van der Waals surface area contributed by atoms with Crippen LogP contribution >= 0.6 is 11.6 Å². The lowest BCUT2D eigenvalue weighted by atomic mass is 10.2. The van der Waals surface area contributed by atoms with Crippen molar-refractivity contribution in [1.82, 2.24) is 9.13 Å². The van der Waals surface area contributed by atoms with Crippen LogP contribution in [0, 0.1) is 0 Å². The zero-order valence-electron chi connectivity index (χ0n) is 11.8. The largest absolute Gasteiger partial charge is 0.497 e. The normalized spacial score (nSPS) is 11.0. The molecule has 0 aliphatic carbocycles. The Morgan fingerprint density at radius 3 is 2.71 bits per heavy atom. The number of hydrogen-bond donors (Lipinski definition) is 0. The zero-order chi connectivity index (χ0) is 15.0. The first-order valence-corrected chi connectivity index (χ1v) is 6.95. The Balaban J connectivity index is 2.12. The molecule has 0 saturated carbocycles. The van der Waals surface area contributed by atoms with E-state index in [1.807, 2.05) is 30.3 Å². The molecule has 1 aromatic heterocycles. The predicted octanol–water partition coefficient (Wildman–Crippen LogP) is 3.05. The van der Waals surface area contributed by atoms with Crippen molar-refractivity contribution >= 4 is 22.6 Å². The van der Waals surface area contributed by atoms with Crippen molar-refractivity contribution in [3.8, 4) is 5.75 Å². The molecule has 1 heterocycles. The summed E-state index contributed by atoms with van der Waals surface area (Å²) in [5, 5.41) is 0.622. The molecule has 0 aliphatic rings. The summed E-state index contributed by atoms with van der Waals surface area (Å²) in [6, 6.07) is 13.2. The molecule has 0 amide bonds. The first-order valence-electron chi connectivity index (χ1n) is 6.58. The number of fused-ring (bicyclic) bond motifs is 1. The number of hydrogen-bond acceptors (Lipinski definition) is 2. The van der Waals surface area contributed by atoms with Crippen molar-refractivity contribution in [3.05, 3.63) is 63.5 Å². The second-order valence-electron chi connectivity index (χ2n) is 4.91. The molecule has 108 valence electrons. The highest BCUT2D eigenvalue weighted by molar-refractivity contribution is 6.31. The maximum Gasteiger partial charge on any atom is 0.329 e. The van der Waals surface area contributed by atoms with Crippen LogP contribution in [0.1, 0.15) is 5.56 Å². The van der Waals surface area contributed by atoms with E-state index in [9.17, 15) is 4.79 Å². The van der Waals surface area contributed by atoms with E-state index in [0.717, 1.165) is 22.3 Å². The number of ether oxygens (including phenoxy) is 1. The molecule has 0 N–H and O–H groups in total. The smallest absolute Gasteiger partial charge is 0.329 e. The molecule has 2 aromatic carbocycles. The van der Waals surface area contributed by atoms with Crippen LogP contribution in [0.3, 0.4) is 0 Å². The van der Waals surface area contributed by atoms with Crippen molar-refractivity contribution < 1.29 is 4.74 Å². The quantitative estimate of drug-likeness (QED) is 0.745. The summed E-state index contributed by atoms with van der Waals surface area (Å²) >= 11 is 6.01. The molecular formula is C16H15ClN2O2. The number of rotatable bonds is 3. The van der Waals surface area contributed by atoms with Gasteiger partial charge in [-0.15, -0.1) is 0 Å². The van der Waals surface area contributed by atoms with Gasteiger partial charge in [0.2, 0.25) is 0 Å². The highest BCUT2D eigenvalue weighted by Gasteiger charge is 2.11. The molecule has 0 bridgehead atoms. The SMILES string of the molecule is COc1cccc(Cn2c(=O)n(C)c3cc(Cl)ccc32)c1. The van der Waals surface area contributed by atoms with Gasteiger partial charge in [-0.2, -0.15) is 0 Å². The minimum Gasteiger partial charge on any atom is -0.497 e. The van der Waals surface area contributed by atoms with Gasteiger partial charge in [0, 0.05) is 12.1 Å². The third-order valence-electron chi connectivity index (χ3n) is 3.58. The molecule has 0 unspecified atom stereocenters. The minimum atomic E-state index is -0.0601. The second kappa shape index (κ2) is 5.30. The Labute approximate surface area is 127 Å². The Hall–Kier alpha value is -2.20. The fourth-order valence-electron chi connectivity index (χ4n) is 2.49. The first-order chi connectivity index (χ1) is 10.1. The Kier molecular flexibility index (Phi) is 3.47. The van der Waals surface area contributed by atoms with Gasteiger partial charge < -0.3 is 4.74 Å². The van der Waals surface area contributed by atoms with Crippen LogP contribution in [0.2, 0.25) is 5.02 Å². The average molecular weight is 303 g/mol. The summed E-state index contributed by atoms with van der Waals surface area (Å²) in [7, 11) is 3.38. The standard InChI is InChI=1S/C16H15ClN2O2/c1-18-15-9-12(17)6-7-14(15)19(16(18)20)10-11-4-3-5-13(8-11)21-2/h3-9H,10H2,1-2H3. The maximum atomic E-state index is 12.4. The second-order valence-corrected chi connectivity index (χ2v) is 5.35. The third-order valence-corrected chi connectivity index (χ3v) is 3.82. The van der Waals surface area contributed by atoms with Gasteiger partial charge in [-0.05, 0) is 35.9 Å². The fraction of sp³-hybridized carbons (Fsp3) is 0.188. The van der Waals surface area contributed by atoms with Crippen LogP contribution < -0.4 is 10.4 Å². The highest BCUT2D eigenvalue weighted by atomic mass is 35.5. The number of benzene rings is 2. The van der Waals surface area contributed by atoms with Crippen molar-refractivity contribution in [3.63, 3.8) is 0 Å². The molecule has 0 atom stereocenters. The number of methoxy groups -OCH3 is 1. The van der Waals surface area contributed by atoms with E-state index in [-0.39, 0.29) is 5.69 Å². The lowest BCUT2D eigenvalue weighted by molar-refractivity contribution is 0.414. The molecule has 0 radical (unpaired) electrons. The van der Waals surface area contributed by atoms with Crippen LogP contribution in [0.4, 0.5) is 0 Å². The van der Waals surface area contributed by atoms with Crippen molar-refractivity contribution in [2.75, 3.05) is 7.11 Å². The lowest BCUT2D eigenvalue weighted by Crippen LogP contribution is -2.22. The van der Waals surface area contributed by atoms with Crippen LogP contribution in [0.25, 0.3) is 11.0 Å². The lowest BCUT2D eigenvalue weighted by Gasteiger charge is -2.06. The van der Waals surface area contributed by atoms with E-state index >= 15 is 0 Å². The van der Waals surface area contributed by atoms with Gasteiger partial charge >= 0.3 is 5.69 Å². The van der Waals surface area contributed by atoms with E-state index in [4.69, 9.17) is 16.3 Å². The molecule has 0 spiro atoms. The zero-order valence-corrected chi connectivity index (χ0v) is 12.6. The average Bonchev–Trinajstić information content (AvgIpc) is 2.72. The molecule has 21 heavy (non-hydrogen) atoms.